The largest absolute Gasteiger partial charge is 0.507 e. The third-order valence-electron chi connectivity index (χ3n) is 6.89. The molecule has 0 atom stereocenters. The summed E-state index contributed by atoms with van der Waals surface area (Å²) in [6, 6.07) is 11.0. The lowest BCUT2D eigenvalue weighted by Gasteiger charge is -2.25. The number of aromatic nitrogens is 4. The molecule has 2 aliphatic heterocycles. The average Bonchev–Trinajstić information content (AvgIpc) is 3.16. The van der Waals surface area contributed by atoms with Crippen molar-refractivity contribution >= 4 is 17.3 Å². The van der Waals surface area contributed by atoms with Gasteiger partial charge in [0, 0.05) is 43.9 Å². The van der Waals surface area contributed by atoms with Crippen molar-refractivity contribution in [3.8, 4) is 28.8 Å². The van der Waals surface area contributed by atoms with Gasteiger partial charge >= 0.3 is 0 Å². The van der Waals surface area contributed by atoms with Crippen LogP contribution in [0.4, 0.5) is 17.3 Å². The molecule has 0 unspecified atom stereocenters. The highest BCUT2D eigenvalue weighted by Gasteiger charge is 2.20. The molecular weight excluding hydrogens is 452 g/mol. The molecule has 3 aromatic rings. The summed E-state index contributed by atoms with van der Waals surface area (Å²) < 4.78 is 0. The Morgan fingerprint density at radius 1 is 0.972 bits per heavy atom. The number of para-hydroxylation sites is 1. The number of anilines is 3. The number of phenols is 1. The molecule has 2 saturated heterocycles. The van der Waals surface area contributed by atoms with Crippen LogP contribution < -0.4 is 15.5 Å². The van der Waals surface area contributed by atoms with Gasteiger partial charge in [-0.15, -0.1) is 10.2 Å². The number of hydrogen-bond acceptors (Lipinski definition) is 9. The lowest BCUT2D eigenvalue weighted by atomic mass is 9.98. The van der Waals surface area contributed by atoms with Crippen LogP contribution in [0.25, 0.3) is 11.3 Å². The highest BCUT2D eigenvalue weighted by atomic mass is 16.3. The van der Waals surface area contributed by atoms with Gasteiger partial charge in [-0.3, -0.25) is 0 Å². The Kier molecular flexibility index (Phi) is 7.14. The molecule has 0 aliphatic carbocycles. The number of hydrogen-bond donors (Lipinski definition) is 2. The van der Waals surface area contributed by atoms with Crippen molar-refractivity contribution in [2.75, 3.05) is 61.8 Å². The minimum Gasteiger partial charge on any atom is -0.507 e. The highest BCUT2D eigenvalue weighted by Crippen LogP contribution is 2.31. The molecule has 9 nitrogen and oxygen atoms in total. The van der Waals surface area contributed by atoms with E-state index in [1.165, 1.54) is 0 Å². The molecule has 186 valence electrons. The smallest absolute Gasteiger partial charge is 0.206 e. The van der Waals surface area contributed by atoms with Gasteiger partial charge in [0.2, 0.25) is 5.82 Å². The van der Waals surface area contributed by atoms with Crippen LogP contribution in [-0.4, -0.2) is 76.5 Å². The SMILES string of the molecule is CN1CCC(C#Cc2nccc(N3CCCN(c4cc(-c5ccccc5O)nnc4N)CC3)n2)CC1. The molecule has 9 heteroatoms. The molecule has 0 saturated carbocycles. The lowest BCUT2D eigenvalue weighted by Crippen LogP contribution is -2.31. The molecule has 0 bridgehead atoms. The van der Waals surface area contributed by atoms with Crippen molar-refractivity contribution in [3.05, 3.63) is 48.4 Å². The second-order valence-corrected chi connectivity index (χ2v) is 9.43. The first kappa shape index (κ1) is 23.8. The maximum absolute atomic E-state index is 10.2. The number of nitrogen functional groups attached to an aromatic ring is 1. The van der Waals surface area contributed by atoms with E-state index in [0.717, 1.165) is 70.0 Å². The number of benzene rings is 1. The Morgan fingerprint density at radius 2 is 1.75 bits per heavy atom. The van der Waals surface area contributed by atoms with E-state index in [1.807, 2.05) is 24.3 Å². The molecule has 1 aromatic carbocycles. The standard InChI is InChI=1S/C27H32N8O/c1-33-15-10-20(11-16-33)7-8-25-29-12-9-26(30-25)35-14-4-13-34(17-18-35)23-19-22(31-32-27(23)28)21-5-2-3-6-24(21)36/h2-3,5-6,9,12,19-20,36H,4,10-11,13-18H2,1H3,(H2,28,32). The summed E-state index contributed by atoms with van der Waals surface area (Å²) in [6.45, 7) is 5.44. The molecule has 0 radical (unpaired) electrons. The van der Waals surface area contributed by atoms with Gasteiger partial charge in [-0.25, -0.2) is 9.97 Å². The zero-order valence-electron chi connectivity index (χ0n) is 20.6. The first-order chi connectivity index (χ1) is 17.6. The fraction of sp³-hybridized carbons (Fsp3) is 0.407. The lowest BCUT2D eigenvalue weighted by molar-refractivity contribution is 0.248. The van der Waals surface area contributed by atoms with Crippen molar-refractivity contribution in [1.29, 1.82) is 0 Å². The van der Waals surface area contributed by atoms with Gasteiger partial charge in [0.1, 0.15) is 11.6 Å². The van der Waals surface area contributed by atoms with E-state index < -0.39 is 0 Å². The minimum absolute atomic E-state index is 0.169. The molecule has 2 fully saturated rings. The molecule has 2 aliphatic rings. The Bertz CT molecular complexity index is 1260. The maximum atomic E-state index is 10.2. The van der Waals surface area contributed by atoms with E-state index in [-0.39, 0.29) is 5.75 Å². The summed E-state index contributed by atoms with van der Waals surface area (Å²) in [7, 11) is 2.16. The van der Waals surface area contributed by atoms with Gasteiger partial charge in [0.05, 0.1) is 11.4 Å². The van der Waals surface area contributed by atoms with Gasteiger partial charge in [-0.1, -0.05) is 18.1 Å². The van der Waals surface area contributed by atoms with Crippen LogP contribution in [0.2, 0.25) is 0 Å². The normalized spacial score (nSPS) is 17.4. The summed E-state index contributed by atoms with van der Waals surface area (Å²) >= 11 is 0. The van der Waals surface area contributed by atoms with Gasteiger partial charge in [-0.05, 0) is 69.6 Å². The fourth-order valence-electron chi connectivity index (χ4n) is 4.76. The fourth-order valence-corrected chi connectivity index (χ4v) is 4.76. The van der Waals surface area contributed by atoms with Crippen molar-refractivity contribution in [2.24, 2.45) is 5.92 Å². The monoisotopic (exact) mass is 484 g/mol. The van der Waals surface area contributed by atoms with Gasteiger partial charge in [-0.2, -0.15) is 0 Å². The third kappa shape index (κ3) is 5.50. The Morgan fingerprint density at radius 3 is 2.58 bits per heavy atom. The van der Waals surface area contributed by atoms with E-state index in [9.17, 15) is 5.11 Å². The summed E-state index contributed by atoms with van der Waals surface area (Å²) in [5.74, 6) is 9.06. The molecule has 3 N–H and O–H groups in total. The zero-order chi connectivity index (χ0) is 24.9. The van der Waals surface area contributed by atoms with Crippen LogP contribution in [0.5, 0.6) is 5.75 Å². The van der Waals surface area contributed by atoms with E-state index in [2.05, 4.69) is 48.8 Å². The molecule has 0 spiro atoms. The van der Waals surface area contributed by atoms with Crippen LogP contribution in [0.1, 0.15) is 25.1 Å². The molecule has 36 heavy (non-hydrogen) atoms. The number of piperidine rings is 1. The maximum Gasteiger partial charge on any atom is 0.206 e. The average molecular weight is 485 g/mol. The summed E-state index contributed by atoms with van der Waals surface area (Å²) in [5.41, 5.74) is 8.29. The summed E-state index contributed by atoms with van der Waals surface area (Å²) in [5, 5.41) is 18.6. The Hall–Kier alpha value is -3.90. The summed E-state index contributed by atoms with van der Waals surface area (Å²) in [4.78, 5) is 16.0. The first-order valence-corrected chi connectivity index (χ1v) is 12.5. The minimum atomic E-state index is 0.169. The number of likely N-dealkylation sites (tertiary alicyclic amines) is 1. The van der Waals surface area contributed by atoms with Crippen LogP contribution in [0, 0.1) is 17.8 Å². The molecule has 4 heterocycles. The van der Waals surface area contributed by atoms with E-state index >= 15 is 0 Å². The van der Waals surface area contributed by atoms with Crippen molar-refractivity contribution < 1.29 is 5.11 Å². The van der Waals surface area contributed by atoms with Crippen LogP contribution in [0.3, 0.4) is 0 Å². The predicted molar refractivity (Wildman–Crippen MR) is 142 cm³/mol. The number of rotatable bonds is 3. The van der Waals surface area contributed by atoms with Crippen molar-refractivity contribution in [2.45, 2.75) is 19.3 Å². The second kappa shape index (κ2) is 10.8. The van der Waals surface area contributed by atoms with E-state index in [1.54, 1.807) is 18.3 Å². The van der Waals surface area contributed by atoms with Gasteiger partial charge < -0.3 is 25.5 Å². The second-order valence-electron chi connectivity index (χ2n) is 9.43. The molecule has 0 amide bonds. The zero-order valence-corrected chi connectivity index (χ0v) is 20.6. The van der Waals surface area contributed by atoms with Gasteiger partial charge in [0.25, 0.3) is 0 Å². The Labute approximate surface area is 212 Å². The van der Waals surface area contributed by atoms with Gasteiger partial charge in [0.15, 0.2) is 5.82 Å². The summed E-state index contributed by atoms with van der Waals surface area (Å²) in [6.07, 6.45) is 4.94. The van der Waals surface area contributed by atoms with Crippen molar-refractivity contribution in [3.63, 3.8) is 0 Å². The van der Waals surface area contributed by atoms with Crippen LogP contribution >= 0.6 is 0 Å². The van der Waals surface area contributed by atoms with E-state index in [0.29, 0.717) is 28.8 Å². The van der Waals surface area contributed by atoms with Crippen molar-refractivity contribution in [1.82, 2.24) is 25.1 Å². The molecule has 2 aromatic heterocycles. The Balaban J connectivity index is 1.28. The topological polar surface area (TPSA) is 108 Å². The number of nitrogens with two attached hydrogens (primary N) is 1. The first-order valence-electron chi connectivity index (χ1n) is 12.5. The highest BCUT2D eigenvalue weighted by molar-refractivity contribution is 5.74. The molecule has 5 rings (SSSR count). The number of aromatic hydroxyl groups is 1. The van der Waals surface area contributed by atoms with E-state index in [4.69, 9.17) is 10.7 Å². The third-order valence-corrected chi connectivity index (χ3v) is 6.89. The van der Waals surface area contributed by atoms with Crippen LogP contribution in [-0.2, 0) is 0 Å². The number of nitrogens with zero attached hydrogens (tertiary/aromatic N) is 7. The van der Waals surface area contributed by atoms with Crippen LogP contribution in [0.15, 0.2) is 42.6 Å². The number of phenolic OH excluding ortho intramolecular Hbond substituents is 1. The predicted octanol–water partition coefficient (Wildman–Crippen LogP) is 2.63. The quantitative estimate of drug-likeness (QED) is 0.543. The molecular formula is C27H32N8O.